The number of halogens is 3. The maximum atomic E-state index is 13.0. The number of benzene rings is 1. The Bertz CT molecular complexity index is 350. The molecule has 13 heavy (non-hydrogen) atoms. The number of alkyl halides is 1. The van der Waals surface area contributed by atoms with Crippen LogP contribution in [0.3, 0.4) is 0 Å². The van der Waals surface area contributed by atoms with Crippen LogP contribution >= 0.6 is 31.9 Å². The van der Waals surface area contributed by atoms with E-state index >= 15 is 0 Å². The lowest BCUT2D eigenvalue weighted by molar-refractivity contribution is 0.620. The van der Waals surface area contributed by atoms with E-state index in [2.05, 4.69) is 43.7 Å². The number of hydrogen-bond donors (Lipinski definition) is 0. The monoisotopic (exact) mass is 304 g/mol. The molecule has 68 valence electrons. The summed E-state index contributed by atoms with van der Waals surface area (Å²) in [6.45, 7) is 0. The molecule has 0 N–H and O–H groups in total. The Labute approximate surface area is 93.8 Å². The smallest absolute Gasteiger partial charge is 0.138 e. The van der Waals surface area contributed by atoms with Crippen molar-refractivity contribution in [3.63, 3.8) is 0 Å². The van der Waals surface area contributed by atoms with Gasteiger partial charge < -0.3 is 0 Å². The minimum atomic E-state index is -0.273. The molecule has 0 saturated carbocycles. The molecule has 0 atom stereocenters. The summed E-state index contributed by atoms with van der Waals surface area (Å²) in [7, 11) is 0. The summed E-state index contributed by atoms with van der Waals surface area (Å²) in [5.74, 6) is 5.52. The summed E-state index contributed by atoms with van der Waals surface area (Å²) in [5.41, 5.74) is 0.710. The Kier molecular flexibility index (Phi) is 4.47. The molecule has 1 aromatic carbocycles. The number of hydrogen-bond acceptors (Lipinski definition) is 0. The van der Waals surface area contributed by atoms with Gasteiger partial charge in [-0.2, -0.15) is 0 Å². The minimum absolute atomic E-state index is 0.273. The maximum absolute atomic E-state index is 13.0. The van der Waals surface area contributed by atoms with Crippen LogP contribution in [0.4, 0.5) is 4.39 Å². The van der Waals surface area contributed by atoms with Crippen molar-refractivity contribution in [1.82, 2.24) is 0 Å². The highest BCUT2D eigenvalue weighted by Gasteiger charge is 1.97. The van der Waals surface area contributed by atoms with Crippen molar-refractivity contribution in [2.45, 2.75) is 6.42 Å². The second kappa shape index (κ2) is 5.41. The first-order valence-electron chi connectivity index (χ1n) is 3.74. The normalized spacial score (nSPS) is 9.15. The summed E-state index contributed by atoms with van der Waals surface area (Å²) in [5, 5.41) is 0.846. The molecule has 0 amide bonds. The first kappa shape index (κ1) is 10.7. The van der Waals surface area contributed by atoms with Gasteiger partial charge in [-0.3, -0.25) is 0 Å². The zero-order valence-electron chi connectivity index (χ0n) is 6.78. The molecule has 0 heterocycles. The molecule has 3 heteroatoms. The SMILES string of the molecule is Fc1cc(C#CCCBr)ccc1Br. The first-order chi connectivity index (χ1) is 6.24. The van der Waals surface area contributed by atoms with Gasteiger partial charge in [0, 0.05) is 17.3 Å². The van der Waals surface area contributed by atoms with Gasteiger partial charge in [0.25, 0.3) is 0 Å². The highest BCUT2D eigenvalue weighted by Crippen LogP contribution is 2.15. The largest absolute Gasteiger partial charge is 0.206 e. The molecule has 0 aliphatic heterocycles. The molecule has 0 aliphatic rings. The molecule has 1 rings (SSSR count). The third-order valence-corrected chi connectivity index (χ3v) is 2.41. The van der Waals surface area contributed by atoms with Crippen LogP contribution in [0.2, 0.25) is 0 Å². The topological polar surface area (TPSA) is 0 Å². The van der Waals surface area contributed by atoms with Crippen molar-refractivity contribution in [2.24, 2.45) is 0 Å². The van der Waals surface area contributed by atoms with Gasteiger partial charge in [0.05, 0.1) is 4.47 Å². The highest BCUT2D eigenvalue weighted by molar-refractivity contribution is 9.10. The van der Waals surface area contributed by atoms with Crippen LogP contribution in [-0.4, -0.2) is 5.33 Å². The summed E-state index contributed by atoms with van der Waals surface area (Å²) >= 11 is 6.35. The second-order valence-electron chi connectivity index (χ2n) is 2.37. The van der Waals surface area contributed by atoms with E-state index in [1.54, 1.807) is 12.1 Å². The van der Waals surface area contributed by atoms with Crippen molar-refractivity contribution in [2.75, 3.05) is 5.33 Å². The van der Waals surface area contributed by atoms with Crippen LogP contribution in [0.15, 0.2) is 22.7 Å². The van der Waals surface area contributed by atoms with Crippen molar-refractivity contribution < 1.29 is 4.39 Å². The van der Waals surface area contributed by atoms with Gasteiger partial charge >= 0.3 is 0 Å². The van der Waals surface area contributed by atoms with Gasteiger partial charge in [-0.1, -0.05) is 27.8 Å². The third kappa shape index (κ3) is 3.50. The van der Waals surface area contributed by atoms with Crippen molar-refractivity contribution in [1.29, 1.82) is 0 Å². The molecule has 0 radical (unpaired) electrons. The predicted molar refractivity (Wildman–Crippen MR) is 59.4 cm³/mol. The lowest BCUT2D eigenvalue weighted by Crippen LogP contribution is -1.80. The quantitative estimate of drug-likeness (QED) is 0.548. The van der Waals surface area contributed by atoms with Gasteiger partial charge in [-0.25, -0.2) is 4.39 Å². The van der Waals surface area contributed by atoms with Crippen molar-refractivity contribution in [3.8, 4) is 11.8 Å². The lowest BCUT2D eigenvalue weighted by Gasteiger charge is -1.93. The van der Waals surface area contributed by atoms with E-state index in [9.17, 15) is 4.39 Å². The molecular formula is C10H7Br2F. The van der Waals surface area contributed by atoms with E-state index in [4.69, 9.17) is 0 Å². The van der Waals surface area contributed by atoms with Crippen molar-refractivity contribution in [3.05, 3.63) is 34.1 Å². The third-order valence-electron chi connectivity index (χ3n) is 1.37. The fraction of sp³-hybridized carbons (Fsp3) is 0.200. The Balaban J connectivity index is 2.81. The Morgan fingerprint density at radius 2 is 2.15 bits per heavy atom. The van der Waals surface area contributed by atoms with Gasteiger partial charge in [-0.15, -0.1) is 0 Å². The van der Waals surface area contributed by atoms with Gasteiger partial charge in [-0.05, 0) is 34.1 Å². The molecule has 1 aromatic rings. The van der Waals surface area contributed by atoms with Crippen molar-refractivity contribution >= 4 is 31.9 Å². The van der Waals surface area contributed by atoms with Crippen LogP contribution in [-0.2, 0) is 0 Å². The van der Waals surface area contributed by atoms with E-state index in [1.807, 2.05) is 0 Å². The predicted octanol–water partition coefficient (Wildman–Crippen LogP) is 3.72. The van der Waals surface area contributed by atoms with Gasteiger partial charge in [0.15, 0.2) is 0 Å². The minimum Gasteiger partial charge on any atom is -0.206 e. The molecule has 0 unspecified atom stereocenters. The Hall–Kier alpha value is -0.330. The Morgan fingerprint density at radius 1 is 1.38 bits per heavy atom. The molecule has 0 nitrogen and oxygen atoms in total. The average Bonchev–Trinajstić information content (AvgIpc) is 2.12. The van der Waals surface area contributed by atoms with Crippen LogP contribution in [0, 0.1) is 17.7 Å². The first-order valence-corrected chi connectivity index (χ1v) is 5.65. The molecule has 0 aromatic heterocycles. The summed E-state index contributed by atoms with van der Waals surface area (Å²) in [6.07, 6.45) is 0.775. The average molecular weight is 306 g/mol. The fourth-order valence-electron chi connectivity index (χ4n) is 0.786. The molecule has 0 spiro atoms. The highest BCUT2D eigenvalue weighted by atomic mass is 79.9. The zero-order valence-corrected chi connectivity index (χ0v) is 9.95. The van der Waals surface area contributed by atoms with Gasteiger partial charge in [0.1, 0.15) is 5.82 Å². The molecule has 0 bridgehead atoms. The van der Waals surface area contributed by atoms with Crippen LogP contribution in [0.1, 0.15) is 12.0 Å². The van der Waals surface area contributed by atoms with Gasteiger partial charge in [0.2, 0.25) is 0 Å². The molecule has 0 fully saturated rings. The van der Waals surface area contributed by atoms with E-state index in [0.717, 1.165) is 11.8 Å². The fourth-order valence-corrected chi connectivity index (χ4v) is 1.23. The standard InChI is InChI=1S/C10H7Br2F/c11-6-2-1-3-8-4-5-9(12)10(13)7-8/h4-5,7H,2,6H2. The molecule has 0 saturated heterocycles. The van der Waals surface area contributed by atoms with E-state index < -0.39 is 0 Å². The molecule has 0 aliphatic carbocycles. The van der Waals surface area contributed by atoms with Crippen LogP contribution in [0.5, 0.6) is 0 Å². The Morgan fingerprint density at radius 3 is 2.77 bits per heavy atom. The summed E-state index contributed by atoms with van der Waals surface area (Å²) < 4.78 is 13.4. The maximum Gasteiger partial charge on any atom is 0.138 e. The van der Waals surface area contributed by atoms with E-state index in [0.29, 0.717) is 10.0 Å². The van der Waals surface area contributed by atoms with E-state index in [-0.39, 0.29) is 5.82 Å². The van der Waals surface area contributed by atoms with Crippen LogP contribution in [0.25, 0.3) is 0 Å². The van der Waals surface area contributed by atoms with Crippen LogP contribution < -0.4 is 0 Å². The molecular weight excluding hydrogens is 299 g/mol. The number of rotatable bonds is 1. The van der Waals surface area contributed by atoms with E-state index in [1.165, 1.54) is 6.07 Å². The summed E-state index contributed by atoms with van der Waals surface area (Å²) in [6, 6.07) is 4.87. The zero-order chi connectivity index (χ0) is 9.68. The summed E-state index contributed by atoms with van der Waals surface area (Å²) in [4.78, 5) is 0. The lowest BCUT2D eigenvalue weighted by atomic mass is 10.2. The second-order valence-corrected chi connectivity index (χ2v) is 4.02.